The zero-order valence-electron chi connectivity index (χ0n) is 11.9. The maximum Gasteiger partial charge on any atom is 0.225 e. The summed E-state index contributed by atoms with van der Waals surface area (Å²) in [7, 11) is 1.71. The van der Waals surface area contributed by atoms with Gasteiger partial charge in [0, 0.05) is 50.7 Å². The summed E-state index contributed by atoms with van der Waals surface area (Å²) < 4.78 is 4.99. The molecule has 2 rings (SSSR count). The molecule has 0 radical (unpaired) electrons. The van der Waals surface area contributed by atoms with Gasteiger partial charge >= 0.3 is 0 Å². The summed E-state index contributed by atoms with van der Waals surface area (Å²) in [6, 6.07) is 0.616. The Kier molecular flexibility index (Phi) is 5.54. The zero-order chi connectivity index (χ0) is 13.5. The van der Waals surface area contributed by atoms with Crippen molar-refractivity contribution in [1.29, 1.82) is 0 Å². The van der Waals surface area contributed by atoms with Gasteiger partial charge in [0.1, 0.15) is 0 Å². The first kappa shape index (κ1) is 14.2. The first-order valence-electron chi connectivity index (χ1n) is 7.12. The number of ether oxygens (including phenoxy) is 1. The standard InChI is InChI=1S/C14H24N4O/c1-3-13-5-4-7-18(13)14-16-10-12(11-17-14)9-15-6-8-19-2/h10-11,13,15H,3-9H2,1-2H3. The second-order valence-corrected chi connectivity index (χ2v) is 4.96. The first-order valence-corrected chi connectivity index (χ1v) is 7.12. The van der Waals surface area contributed by atoms with Gasteiger partial charge in [-0.3, -0.25) is 0 Å². The molecule has 0 aromatic carbocycles. The lowest BCUT2D eigenvalue weighted by atomic mass is 10.2. The average molecular weight is 264 g/mol. The van der Waals surface area contributed by atoms with E-state index in [1.807, 2.05) is 12.4 Å². The predicted molar refractivity (Wildman–Crippen MR) is 76.3 cm³/mol. The van der Waals surface area contributed by atoms with Gasteiger partial charge in [0.15, 0.2) is 0 Å². The highest BCUT2D eigenvalue weighted by atomic mass is 16.5. The third-order valence-electron chi connectivity index (χ3n) is 3.61. The molecule has 19 heavy (non-hydrogen) atoms. The summed E-state index contributed by atoms with van der Waals surface area (Å²) in [5, 5.41) is 3.29. The third kappa shape index (κ3) is 3.88. The molecule has 1 aliphatic heterocycles. The maximum absolute atomic E-state index is 4.99. The molecule has 5 nitrogen and oxygen atoms in total. The topological polar surface area (TPSA) is 50.3 Å². The summed E-state index contributed by atoms with van der Waals surface area (Å²) in [5.41, 5.74) is 1.12. The SMILES string of the molecule is CCC1CCCN1c1ncc(CNCCOC)cn1. The number of hydrogen-bond donors (Lipinski definition) is 1. The van der Waals surface area contributed by atoms with Crippen molar-refractivity contribution in [3.63, 3.8) is 0 Å². The fourth-order valence-corrected chi connectivity index (χ4v) is 2.52. The number of rotatable bonds is 7. The molecule has 1 N–H and O–H groups in total. The Balaban J connectivity index is 1.87. The quantitative estimate of drug-likeness (QED) is 0.758. The van der Waals surface area contributed by atoms with Crippen LogP contribution in [0.5, 0.6) is 0 Å². The van der Waals surface area contributed by atoms with Gasteiger partial charge in [-0.15, -0.1) is 0 Å². The molecule has 0 saturated carbocycles. The third-order valence-corrected chi connectivity index (χ3v) is 3.61. The Morgan fingerprint density at radius 3 is 2.89 bits per heavy atom. The Hall–Kier alpha value is -1.20. The Morgan fingerprint density at radius 2 is 2.21 bits per heavy atom. The van der Waals surface area contributed by atoms with E-state index in [1.54, 1.807) is 7.11 Å². The van der Waals surface area contributed by atoms with E-state index in [2.05, 4.69) is 27.1 Å². The Morgan fingerprint density at radius 1 is 1.42 bits per heavy atom. The summed E-state index contributed by atoms with van der Waals surface area (Å²) >= 11 is 0. The molecule has 0 bridgehead atoms. The molecule has 0 aliphatic carbocycles. The number of nitrogens with zero attached hydrogens (tertiary/aromatic N) is 3. The van der Waals surface area contributed by atoms with Crippen LogP contribution in [0.4, 0.5) is 5.95 Å². The predicted octanol–water partition coefficient (Wildman–Crippen LogP) is 1.59. The monoisotopic (exact) mass is 264 g/mol. The van der Waals surface area contributed by atoms with E-state index in [-0.39, 0.29) is 0 Å². The van der Waals surface area contributed by atoms with Crippen LogP contribution in [-0.4, -0.2) is 42.8 Å². The van der Waals surface area contributed by atoms with E-state index >= 15 is 0 Å². The van der Waals surface area contributed by atoms with Crippen LogP contribution in [0, 0.1) is 0 Å². The maximum atomic E-state index is 4.99. The molecule has 1 fully saturated rings. The van der Waals surface area contributed by atoms with Crippen LogP contribution in [0.1, 0.15) is 31.7 Å². The van der Waals surface area contributed by atoms with Gasteiger partial charge in [0.25, 0.3) is 0 Å². The molecule has 2 heterocycles. The molecule has 1 atom stereocenters. The first-order chi connectivity index (χ1) is 9.35. The second-order valence-electron chi connectivity index (χ2n) is 4.96. The minimum Gasteiger partial charge on any atom is -0.383 e. The number of hydrogen-bond acceptors (Lipinski definition) is 5. The lowest BCUT2D eigenvalue weighted by Gasteiger charge is -2.23. The normalized spacial score (nSPS) is 19.1. The molecular formula is C14H24N4O. The summed E-state index contributed by atoms with van der Waals surface area (Å²) in [4.78, 5) is 11.3. The molecule has 1 unspecified atom stereocenters. The van der Waals surface area contributed by atoms with Crippen molar-refractivity contribution in [3.8, 4) is 0 Å². The van der Waals surface area contributed by atoms with Crippen molar-refractivity contribution in [1.82, 2.24) is 15.3 Å². The van der Waals surface area contributed by atoms with Crippen molar-refractivity contribution in [2.24, 2.45) is 0 Å². The number of nitrogens with one attached hydrogen (secondary N) is 1. The van der Waals surface area contributed by atoms with Crippen LogP contribution < -0.4 is 10.2 Å². The molecule has 1 aromatic heterocycles. The summed E-state index contributed by atoms with van der Waals surface area (Å²) in [6.45, 7) is 5.69. The zero-order valence-corrected chi connectivity index (χ0v) is 11.9. The van der Waals surface area contributed by atoms with Crippen LogP contribution in [0.25, 0.3) is 0 Å². The van der Waals surface area contributed by atoms with E-state index < -0.39 is 0 Å². The van der Waals surface area contributed by atoms with Crippen LogP contribution in [0.2, 0.25) is 0 Å². The van der Waals surface area contributed by atoms with Gasteiger partial charge in [-0.1, -0.05) is 6.92 Å². The highest BCUT2D eigenvalue weighted by molar-refractivity contribution is 5.33. The van der Waals surface area contributed by atoms with Gasteiger partial charge in [-0.25, -0.2) is 9.97 Å². The average Bonchev–Trinajstić information content (AvgIpc) is 2.93. The van der Waals surface area contributed by atoms with Crippen molar-refractivity contribution >= 4 is 5.95 Å². The fraction of sp³-hybridized carbons (Fsp3) is 0.714. The van der Waals surface area contributed by atoms with Crippen molar-refractivity contribution in [2.45, 2.75) is 38.8 Å². The van der Waals surface area contributed by atoms with Crippen LogP contribution in [-0.2, 0) is 11.3 Å². The number of anilines is 1. The van der Waals surface area contributed by atoms with Crippen LogP contribution >= 0.6 is 0 Å². The van der Waals surface area contributed by atoms with Gasteiger partial charge < -0.3 is 15.0 Å². The molecule has 0 spiro atoms. The van der Waals surface area contributed by atoms with Crippen molar-refractivity contribution in [2.75, 3.05) is 31.7 Å². The van der Waals surface area contributed by atoms with Crippen molar-refractivity contribution in [3.05, 3.63) is 18.0 Å². The smallest absolute Gasteiger partial charge is 0.225 e. The highest BCUT2D eigenvalue weighted by Gasteiger charge is 2.24. The van der Waals surface area contributed by atoms with Gasteiger partial charge in [-0.2, -0.15) is 0 Å². The van der Waals surface area contributed by atoms with E-state index in [0.717, 1.165) is 37.8 Å². The van der Waals surface area contributed by atoms with E-state index in [0.29, 0.717) is 6.04 Å². The molecule has 1 aliphatic rings. The lowest BCUT2D eigenvalue weighted by molar-refractivity contribution is 0.199. The van der Waals surface area contributed by atoms with Crippen LogP contribution in [0.3, 0.4) is 0 Å². The molecule has 1 saturated heterocycles. The molecule has 0 amide bonds. The minimum absolute atomic E-state index is 0.616. The molecule has 106 valence electrons. The second kappa shape index (κ2) is 7.40. The van der Waals surface area contributed by atoms with Gasteiger partial charge in [-0.05, 0) is 19.3 Å². The Labute approximate surface area is 115 Å². The van der Waals surface area contributed by atoms with E-state index in [9.17, 15) is 0 Å². The van der Waals surface area contributed by atoms with Crippen LogP contribution in [0.15, 0.2) is 12.4 Å². The minimum atomic E-state index is 0.616. The molecule has 5 heteroatoms. The number of aromatic nitrogens is 2. The van der Waals surface area contributed by atoms with E-state index in [4.69, 9.17) is 4.74 Å². The largest absolute Gasteiger partial charge is 0.383 e. The summed E-state index contributed by atoms with van der Waals surface area (Å²) in [5.74, 6) is 0.880. The van der Waals surface area contributed by atoms with Gasteiger partial charge in [0.2, 0.25) is 5.95 Å². The van der Waals surface area contributed by atoms with E-state index in [1.165, 1.54) is 19.3 Å². The summed E-state index contributed by atoms with van der Waals surface area (Å²) in [6.07, 6.45) is 7.53. The van der Waals surface area contributed by atoms with Crippen molar-refractivity contribution < 1.29 is 4.74 Å². The Bertz CT molecular complexity index is 368. The molecular weight excluding hydrogens is 240 g/mol. The lowest BCUT2D eigenvalue weighted by Crippen LogP contribution is -2.30. The van der Waals surface area contributed by atoms with Gasteiger partial charge in [0.05, 0.1) is 6.61 Å². The highest BCUT2D eigenvalue weighted by Crippen LogP contribution is 2.23. The fourth-order valence-electron chi connectivity index (χ4n) is 2.52. The molecule has 1 aromatic rings. The number of methoxy groups -OCH3 is 1.